The molecule has 0 atom stereocenters. The minimum Gasteiger partial charge on any atom is -0.482 e. The molecule has 0 aliphatic heterocycles. The second-order valence-electron chi connectivity index (χ2n) is 5.29. The van der Waals surface area contributed by atoms with Gasteiger partial charge < -0.3 is 9.15 Å². The molecule has 0 saturated heterocycles. The zero-order valence-corrected chi connectivity index (χ0v) is 18.9. The van der Waals surface area contributed by atoms with E-state index in [-0.39, 0.29) is 43.3 Å². The number of ketones is 1. The van der Waals surface area contributed by atoms with Crippen LogP contribution in [0.2, 0.25) is 29.4 Å². The van der Waals surface area contributed by atoms with E-state index in [4.69, 9.17) is 78.8 Å². The predicted molar refractivity (Wildman–Crippen MR) is 117 cm³/mol. The van der Waals surface area contributed by atoms with Crippen LogP contribution in [-0.2, 0) is 6.61 Å². The molecule has 1 aromatic carbocycles. The van der Waals surface area contributed by atoms with Crippen molar-refractivity contribution in [1.29, 1.82) is 0 Å². The largest absolute Gasteiger partial charge is 0.482 e. The predicted octanol–water partition coefficient (Wildman–Crippen LogP) is 8.74. The highest BCUT2D eigenvalue weighted by atomic mass is 35.5. The van der Waals surface area contributed by atoms with Gasteiger partial charge in [-0.15, -0.1) is 11.3 Å². The molecule has 0 fully saturated rings. The van der Waals surface area contributed by atoms with Crippen molar-refractivity contribution in [2.75, 3.05) is 0 Å². The van der Waals surface area contributed by atoms with E-state index in [1.807, 2.05) is 0 Å². The highest BCUT2D eigenvalue weighted by Gasteiger charge is 2.21. The van der Waals surface area contributed by atoms with Crippen LogP contribution in [0.25, 0.3) is 6.08 Å². The molecule has 0 radical (unpaired) electrons. The number of ether oxygens (including phenoxy) is 1. The van der Waals surface area contributed by atoms with Crippen LogP contribution in [0.1, 0.15) is 21.2 Å². The fourth-order valence-electron chi connectivity index (χ4n) is 2.10. The third kappa shape index (κ3) is 4.82. The normalized spacial score (nSPS) is 11.4. The Labute approximate surface area is 194 Å². The summed E-state index contributed by atoms with van der Waals surface area (Å²) in [6.07, 6.45) is 2.95. The third-order valence-electron chi connectivity index (χ3n) is 3.43. The molecule has 3 nitrogen and oxygen atoms in total. The molecule has 0 aliphatic rings. The summed E-state index contributed by atoms with van der Waals surface area (Å²) in [5.41, 5.74) is 0. The molecular formula is C18H8Cl6O3S. The van der Waals surface area contributed by atoms with Crippen LogP contribution >= 0.6 is 80.9 Å². The summed E-state index contributed by atoms with van der Waals surface area (Å²) in [6, 6.07) is 6.71. The lowest BCUT2D eigenvalue weighted by Crippen LogP contribution is -1.96. The Kier molecular flexibility index (Phi) is 7.26. The summed E-state index contributed by atoms with van der Waals surface area (Å²) in [7, 11) is 0. The average Bonchev–Trinajstić information content (AvgIpc) is 3.32. The second-order valence-corrected chi connectivity index (χ2v) is 8.90. The van der Waals surface area contributed by atoms with Gasteiger partial charge in [0.05, 0.1) is 24.3 Å². The fraction of sp³-hybridized carbons (Fsp3) is 0.0556. The van der Waals surface area contributed by atoms with Gasteiger partial charge in [0, 0.05) is 0 Å². The molecule has 28 heavy (non-hydrogen) atoms. The number of rotatable bonds is 6. The molecule has 0 amide bonds. The summed E-state index contributed by atoms with van der Waals surface area (Å²) < 4.78 is 11.7. The number of hydrogen-bond acceptors (Lipinski definition) is 4. The van der Waals surface area contributed by atoms with Gasteiger partial charge >= 0.3 is 0 Å². The molecule has 0 saturated carbocycles. The van der Waals surface area contributed by atoms with E-state index in [0.717, 1.165) is 0 Å². The maximum atomic E-state index is 12.0. The quantitative estimate of drug-likeness (QED) is 0.142. The Hall–Kier alpha value is -0.850. The zero-order chi connectivity index (χ0) is 20.4. The van der Waals surface area contributed by atoms with Crippen molar-refractivity contribution in [3.8, 4) is 5.75 Å². The van der Waals surface area contributed by atoms with Crippen molar-refractivity contribution < 1.29 is 13.9 Å². The van der Waals surface area contributed by atoms with E-state index >= 15 is 0 Å². The number of halogens is 6. The second kappa shape index (κ2) is 9.31. The van der Waals surface area contributed by atoms with Crippen LogP contribution in [0.3, 0.4) is 0 Å². The van der Waals surface area contributed by atoms with Crippen LogP contribution in [0.5, 0.6) is 5.75 Å². The molecule has 10 heteroatoms. The van der Waals surface area contributed by atoms with Gasteiger partial charge in [-0.05, 0) is 36.4 Å². The summed E-state index contributed by atoms with van der Waals surface area (Å²) in [5, 5.41) is 0.236. The molecule has 3 rings (SSSR count). The Morgan fingerprint density at radius 1 is 0.929 bits per heavy atom. The topological polar surface area (TPSA) is 39.4 Å². The number of furan rings is 1. The van der Waals surface area contributed by atoms with Crippen molar-refractivity contribution in [3.63, 3.8) is 0 Å². The van der Waals surface area contributed by atoms with Crippen molar-refractivity contribution in [2.45, 2.75) is 6.61 Å². The first-order valence-electron chi connectivity index (χ1n) is 7.48. The lowest BCUT2D eigenvalue weighted by molar-refractivity contribution is 0.105. The molecule has 2 aromatic heterocycles. The Morgan fingerprint density at radius 3 is 2.18 bits per heavy atom. The maximum absolute atomic E-state index is 12.0. The van der Waals surface area contributed by atoms with Crippen LogP contribution in [0.4, 0.5) is 0 Å². The van der Waals surface area contributed by atoms with Crippen LogP contribution < -0.4 is 4.74 Å². The first kappa shape index (κ1) is 21.8. The van der Waals surface area contributed by atoms with E-state index in [0.29, 0.717) is 20.7 Å². The number of allylic oxidation sites excluding steroid dienone is 1. The number of hydrogen-bond donors (Lipinski definition) is 0. The molecule has 146 valence electrons. The molecule has 3 aromatic rings. The highest BCUT2D eigenvalue weighted by Crippen LogP contribution is 2.48. The number of carbonyl (C=O) groups excluding carboxylic acids is 1. The average molecular weight is 517 g/mol. The SMILES string of the molecule is O=C(/C=C/c1ccc(COc2c(Cl)c(Cl)c(Cl)c(Cl)c2Cl)o1)c1ccc(Cl)s1. The third-order valence-corrected chi connectivity index (χ3v) is 6.91. The van der Waals surface area contributed by atoms with E-state index in [1.165, 1.54) is 17.4 Å². The van der Waals surface area contributed by atoms with E-state index in [9.17, 15) is 4.79 Å². The van der Waals surface area contributed by atoms with Gasteiger partial charge in [-0.25, -0.2) is 0 Å². The minimum absolute atomic E-state index is 0.00997. The first-order valence-corrected chi connectivity index (χ1v) is 10.6. The fourth-order valence-corrected chi connectivity index (χ4v) is 4.30. The van der Waals surface area contributed by atoms with Gasteiger partial charge in [-0.1, -0.05) is 69.6 Å². The van der Waals surface area contributed by atoms with Gasteiger partial charge in [-0.2, -0.15) is 0 Å². The van der Waals surface area contributed by atoms with Crippen molar-refractivity contribution in [3.05, 3.63) is 76.2 Å². The van der Waals surface area contributed by atoms with E-state index in [1.54, 1.807) is 30.3 Å². The van der Waals surface area contributed by atoms with Crippen LogP contribution in [0, 0.1) is 0 Å². The minimum atomic E-state index is -0.171. The zero-order valence-electron chi connectivity index (χ0n) is 13.6. The van der Waals surface area contributed by atoms with Gasteiger partial charge in [0.15, 0.2) is 11.5 Å². The Balaban J connectivity index is 1.69. The van der Waals surface area contributed by atoms with E-state index in [2.05, 4.69) is 0 Å². The summed E-state index contributed by atoms with van der Waals surface area (Å²) in [5.74, 6) is 0.871. The standard InChI is InChI=1S/C18H8Cl6O3S/c19-12-6-5-11(28-12)10(25)4-3-8-1-2-9(27-8)7-26-18-16(23)14(21)13(20)15(22)17(18)24/h1-6H,7H2/b4-3+. The maximum Gasteiger partial charge on any atom is 0.195 e. The summed E-state index contributed by atoms with van der Waals surface area (Å²) in [6.45, 7) is 0.00997. The van der Waals surface area contributed by atoms with Gasteiger partial charge in [0.25, 0.3) is 0 Å². The summed E-state index contributed by atoms with van der Waals surface area (Å²) >= 11 is 37.2. The lowest BCUT2D eigenvalue weighted by atomic mass is 10.3. The van der Waals surface area contributed by atoms with E-state index < -0.39 is 0 Å². The lowest BCUT2D eigenvalue weighted by Gasteiger charge is -2.12. The molecule has 2 heterocycles. The highest BCUT2D eigenvalue weighted by molar-refractivity contribution is 7.18. The molecule has 0 N–H and O–H groups in total. The monoisotopic (exact) mass is 514 g/mol. The Morgan fingerprint density at radius 2 is 1.57 bits per heavy atom. The van der Waals surface area contributed by atoms with Gasteiger partial charge in [0.2, 0.25) is 0 Å². The van der Waals surface area contributed by atoms with Gasteiger partial charge in [0.1, 0.15) is 28.2 Å². The van der Waals surface area contributed by atoms with Crippen molar-refractivity contribution in [1.82, 2.24) is 0 Å². The smallest absolute Gasteiger partial charge is 0.195 e. The number of thiophene rings is 1. The van der Waals surface area contributed by atoms with Crippen LogP contribution in [-0.4, -0.2) is 5.78 Å². The first-order chi connectivity index (χ1) is 13.3. The van der Waals surface area contributed by atoms with Crippen molar-refractivity contribution >= 4 is 92.8 Å². The molecule has 0 spiro atoms. The molecule has 0 bridgehead atoms. The molecule has 0 aliphatic carbocycles. The number of carbonyl (C=O) groups is 1. The van der Waals surface area contributed by atoms with Crippen LogP contribution in [0.15, 0.2) is 34.8 Å². The Bertz CT molecular complexity index is 1040. The molecular weight excluding hydrogens is 509 g/mol. The summed E-state index contributed by atoms with van der Waals surface area (Å²) in [4.78, 5) is 12.6. The number of benzene rings is 1. The van der Waals surface area contributed by atoms with Crippen molar-refractivity contribution in [2.24, 2.45) is 0 Å². The molecule has 0 unspecified atom stereocenters. The van der Waals surface area contributed by atoms with Gasteiger partial charge in [-0.3, -0.25) is 4.79 Å².